The van der Waals surface area contributed by atoms with Gasteiger partial charge in [0.05, 0.1) is 24.2 Å². The number of aromatic nitrogens is 2. The Hall–Kier alpha value is -3.93. The Morgan fingerprint density at radius 2 is 1.77 bits per heavy atom. The zero-order valence-electron chi connectivity index (χ0n) is 16.5. The van der Waals surface area contributed by atoms with Gasteiger partial charge in [-0.3, -0.25) is 14.7 Å². The van der Waals surface area contributed by atoms with Crippen molar-refractivity contribution in [3.05, 3.63) is 78.4 Å². The molecule has 0 atom stereocenters. The summed E-state index contributed by atoms with van der Waals surface area (Å²) in [6, 6.07) is 22.3. The average Bonchev–Trinajstić information content (AvgIpc) is 3.18. The standard InChI is InChI=1S/C24H21N3O3/c1-16(28)17-7-9-18(10-8-17)24-21-15-19(11-12-22(21)26-27-24)25-23(29)13-14-30-20-5-3-2-4-6-20/h2-12,15H,13-14H2,1H3,(H,25,29)(H,26,27). The molecule has 1 aromatic heterocycles. The smallest absolute Gasteiger partial charge is 0.227 e. The van der Waals surface area contributed by atoms with Crippen LogP contribution in [0.4, 0.5) is 5.69 Å². The number of carbonyl (C=O) groups is 2. The van der Waals surface area contributed by atoms with E-state index in [2.05, 4.69) is 15.5 Å². The third-order valence-corrected chi connectivity index (χ3v) is 4.75. The largest absolute Gasteiger partial charge is 0.493 e. The number of nitrogens with one attached hydrogen (secondary N) is 2. The van der Waals surface area contributed by atoms with Crippen LogP contribution in [-0.2, 0) is 4.79 Å². The molecule has 0 saturated heterocycles. The van der Waals surface area contributed by atoms with Crippen molar-refractivity contribution in [3.8, 4) is 17.0 Å². The van der Waals surface area contributed by atoms with Gasteiger partial charge in [-0.15, -0.1) is 0 Å². The van der Waals surface area contributed by atoms with Crippen molar-refractivity contribution in [1.82, 2.24) is 10.2 Å². The molecule has 6 heteroatoms. The van der Waals surface area contributed by atoms with Gasteiger partial charge >= 0.3 is 0 Å². The normalized spacial score (nSPS) is 10.7. The van der Waals surface area contributed by atoms with Crippen LogP contribution in [0.2, 0.25) is 0 Å². The summed E-state index contributed by atoms with van der Waals surface area (Å²) in [6.45, 7) is 1.84. The molecule has 1 amide bonds. The van der Waals surface area contributed by atoms with Gasteiger partial charge in [0.15, 0.2) is 5.78 Å². The minimum Gasteiger partial charge on any atom is -0.493 e. The number of hydrogen-bond acceptors (Lipinski definition) is 4. The SMILES string of the molecule is CC(=O)c1ccc(-c2n[nH]c3ccc(NC(=O)CCOc4ccccc4)cc23)cc1. The second-order valence-corrected chi connectivity index (χ2v) is 6.93. The first-order chi connectivity index (χ1) is 14.6. The van der Waals surface area contributed by atoms with Crippen molar-refractivity contribution < 1.29 is 14.3 Å². The third-order valence-electron chi connectivity index (χ3n) is 4.75. The number of anilines is 1. The van der Waals surface area contributed by atoms with Gasteiger partial charge in [0.2, 0.25) is 5.91 Å². The number of amides is 1. The second kappa shape index (κ2) is 8.61. The monoisotopic (exact) mass is 399 g/mol. The van der Waals surface area contributed by atoms with Crippen molar-refractivity contribution in [3.63, 3.8) is 0 Å². The minimum atomic E-state index is -0.124. The van der Waals surface area contributed by atoms with Gasteiger partial charge in [0.25, 0.3) is 0 Å². The number of rotatable bonds is 7. The topological polar surface area (TPSA) is 84.1 Å². The van der Waals surface area contributed by atoms with Crippen LogP contribution in [0, 0.1) is 0 Å². The summed E-state index contributed by atoms with van der Waals surface area (Å²) in [5, 5.41) is 11.2. The molecule has 3 aromatic carbocycles. The number of ketones is 1. The first kappa shape index (κ1) is 19.4. The number of Topliss-reactive ketones (excluding diaryl/α,β-unsaturated/α-hetero) is 1. The highest BCUT2D eigenvalue weighted by Gasteiger charge is 2.11. The van der Waals surface area contributed by atoms with Crippen molar-refractivity contribution >= 4 is 28.3 Å². The number of ether oxygens (including phenoxy) is 1. The van der Waals surface area contributed by atoms with Crippen LogP contribution in [0.1, 0.15) is 23.7 Å². The van der Waals surface area contributed by atoms with E-state index in [1.165, 1.54) is 0 Å². The van der Waals surface area contributed by atoms with E-state index in [1.54, 1.807) is 19.1 Å². The van der Waals surface area contributed by atoms with Gasteiger partial charge in [0, 0.05) is 22.2 Å². The summed E-state index contributed by atoms with van der Waals surface area (Å²) in [7, 11) is 0. The lowest BCUT2D eigenvalue weighted by molar-refractivity contribution is -0.116. The van der Waals surface area contributed by atoms with Gasteiger partial charge in [-0.2, -0.15) is 5.10 Å². The fourth-order valence-corrected chi connectivity index (χ4v) is 3.18. The van der Waals surface area contributed by atoms with Crippen LogP contribution < -0.4 is 10.1 Å². The van der Waals surface area contributed by atoms with Crippen LogP contribution in [0.25, 0.3) is 22.2 Å². The number of nitrogens with zero attached hydrogens (tertiary/aromatic N) is 1. The van der Waals surface area contributed by atoms with E-state index in [0.717, 1.165) is 27.9 Å². The van der Waals surface area contributed by atoms with Gasteiger partial charge in [-0.25, -0.2) is 0 Å². The molecule has 0 bridgehead atoms. The maximum absolute atomic E-state index is 12.3. The predicted octanol–water partition coefficient (Wildman–Crippen LogP) is 4.84. The molecule has 6 nitrogen and oxygen atoms in total. The maximum Gasteiger partial charge on any atom is 0.227 e. The molecule has 4 rings (SSSR count). The highest BCUT2D eigenvalue weighted by Crippen LogP contribution is 2.28. The number of hydrogen-bond donors (Lipinski definition) is 2. The highest BCUT2D eigenvalue weighted by atomic mass is 16.5. The predicted molar refractivity (Wildman–Crippen MR) is 117 cm³/mol. The number of aromatic amines is 1. The molecular formula is C24H21N3O3. The molecule has 30 heavy (non-hydrogen) atoms. The Balaban J connectivity index is 1.45. The Morgan fingerprint density at radius 3 is 2.50 bits per heavy atom. The molecule has 0 aliphatic heterocycles. The summed E-state index contributed by atoms with van der Waals surface area (Å²) in [4.78, 5) is 23.8. The van der Waals surface area contributed by atoms with Crippen molar-refractivity contribution in [1.29, 1.82) is 0 Å². The fraction of sp³-hybridized carbons (Fsp3) is 0.125. The summed E-state index contributed by atoms with van der Waals surface area (Å²) in [6.07, 6.45) is 0.248. The zero-order valence-corrected chi connectivity index (χ0v) is 16.5. The molecule has 2 N–H and O–H groups in total. The number of H-pyrrole nitrogens is 1. The first-order valence-electron chi connectivity index (χ1n) is 9.67. The van der Waals surface area contributed by atoms with E-state index in [4.69, 9.17) is 4.74 Å². The van der Waals surface area contributed by atoms with Crippen LogP contribution in [0.15, 0.2) is 72.8 Å². The number of carbonyl (C=O) groups excluding carboxylic acids is 2. The molecule has 0 spiro atoms. The summed E-state index contributed by atoms with van der Waals surface area (Å²) >= 11 is 0. The maximum atomic E-state index is 12.3. The Bertz CT molecular complexity index is 1180. The zero-order chi connectivity index (χ0) is 20.9. The molecule has 0 aliphatic carbocycles. The Morgan fingerprint density at radius 1 is 1.00 bits per heavy atom. The number of para-hydroxylation sites is 1. The lowest BCUT2D eigenvalue weighted by Crippen LogP contribution is -2.15. The van der Waals surface area contributed by atoms with Crippen molar-refractivity contribution in [2.45, 2.75) is 13.3 Å². The molecule has 0 radical (unpaired) electrons. The molecule has 0 fully saturated rings. The van der Waals surface area contributed by atoms with E-state index >= 15 is 0 Å². The third kappa shape index (κ3) is 4.38. The molecule has 150 valence electrons. The summed E-state index contributed by atoms with van der Waals surface area (Å²) in [5.74, 6) is 0.640. The van der Waals surface area contributed by atoms with Crippen LogP contribution in [0.5, 0.6) is 5.75 Å². The molecule has 4 aromatic rings. The molecule has 0 aliphatic rings. The van der Waals surface area contributed by atoms with Gasteiger partial charge in [-0.1, -0.05) is 42.5 Å². The quantitative estimate of drug-likeness (QED) is 0.436. The van der Waals surface area contributed by atoms with E-state index in [1.807, 2.05) is 60.7 Å². The summed E-state index contributed by atoms with van der Waals surface area (Å²) < 4.78 is 5.58. The van der Waals surface area contributed by atoms with E-state index < -0.39 is 0 Å². The fourth-order valence-electron chi connectivity index (χ4n) is 3.18. The number of fused-ring (bicyclic) bond motifs is 1. The highest BCUT2D eigenvalue weighted by molar-refractivity contribution is 5.99. The lowest BCUT2D eigenvalue weighted by atomic mass is 10.0. The minimum absolute atomic E-state index is 0.0229. The second-order valence-electron chi connectivity index (χ2n) is 6.93. The van der Waals surface area contributed by atoms with Crippen molar-refractivity contribution in [2.75, 3.05) is 11.9 Å². The van der Waals surface area contributed by atoms with E-state index in [9.17, 15) is 9.59 Å². The van der Waals surface area contributed by atoms with Gasteiger partial charge in [-0.05, 0) is 37.3 Å². The lowest BCUT2D eigenvalue weighted by Gasteiger charge is -2.08. The molecule has 1 heterocycles. The average molecular weight is 399 g/mol. The van der Waals surface area contributed by atoms with Gasteiger partial charge < -0.3 is 10.1 Å². The molecule has 0 unspecified atom stereocenters. The van der Waals surface area contributed by atoms with E-state index in [-0.39, 0.29) is 18.1 Å². The Kier molecular flexibility index (Phi) is 5.57. The first-order valence-corrected chi connectivity index (χ1v) is 9.67. The van der Waals surface area contributed by atoms with Crippen LogP contribution in [0.3, 0.4) is 0 Å². The summed E-state index contributed by atoms with van der Waals surface area (Å²) in [5.41, 5.74) is 3.88. The van der Waals surface area contributed by atoms with Crippen molar-refractivity contribution in [2.24, 2.45) is 0 Å². The Labute approximate surface area is 173 Å². The molecule has 0 saturated carbocycles. The molecular weight excluding hydrogens is 378 g/mol. The van der Waals surface area contributed by atoms with Crippen LogP contribution >= 0.6 is 0 Å². The van der Waals surface area contributed by atoms with E-state index in [0.29, 0.717) is 17.9 Å². The number of benzene rings is 3. The van der Waals surface area contributed by atoms with Crippen LogP contribution in [-0.4, -0.2) is 28.5 Å². The van der Waals surface area contributed by atoms with Gasteiger partial charge in [0.1, 0.15) is 5.75 Å².